The topological polar surface area (TPSA) is 45.7 Å². The first-order valence-electron chi connectivity index (χ1n) is 7.80. The summed E-state index contributed by atoms with van der Waals surface area (Å²) in [6, 6.07) is 0. The van der Waals surface area contributed by atoms with Gasteiger partial charge in [-0.05, 0) is 43.4 Å². The molecule has 0 amide bonds. The third-order valence-corrected chi connectivity index (χ3v) is 4.61. The van der Waals surface area contributed by atoms with Crippen LogP contribution in [-0.4, -0.2) is 39.3 Å². The van der Waals surface area contributed by atoms with E-state index in [9.17, 15) is 0 Å². The Hall–Kier alpha value is -0.0400. The molecule has 2 aliphatic rings. The summed E-state index contributed by atoms with van der Waals surface area (Å²) in [6.45, 7) is 5.89. The van der Waals surface area contributed by atoms with E-state index in [4.69, 9.17) is 4.74 Å². The van der Waals surface area contributed by atoms with E-state index >= 15 is 0 Å². The van der Waals surface area contributed by atoms with Gasteiger partial charge in [0.25, 0.3) is 0 Å². The Morgan fingerprint density at radius 2 is 2.05 bits per heavy atom. The lowest BCUT2D eigenvalue weighted by Crippen LogP contribution is -2.46. The number of halogens is 1. The second kappa shape index (κ2) is 9.07. The van der Waals surface area contributed by atoms with Crippen molar-refractivity contribution in [3.05, 3.63) is 0 Å². The van der Waals surface area contributed by atoms with Crippen LogP contribution >= 0.6 is 24.0 Å². The Morgan fingerprint density at radius 1 is 1.30 bits per heavy atom. The first-order valence-corrected chi connectivity index (χ1v) is 7.80. The van der Waals surface area contributed by atoms with Crippen LogP contribution in [0.4, 0.5) is 0 Å². The molecule has 20 heavy (non-hydrogen) atoms. The SMILES string of the molecule is CCC1(CNC(=NC)NCCOCC2CC2)CCC1.I. The average Bonchev–Trinajstić information content (AvgIpc) is 3.19. The van der Waals surface area contributed by atoms with Crippen molar-refractivity contribution >= 4 is 29.9 Å². The van der Waals surface area contributed by atoms with Crippen molar-refractivity contribution in [2.24, 2.45) is 16.3 Å². The van der Waals surface area contributed by atoms with E-state index in [1.54, 1.807) is 0 Å². The predicted molar refractivity (Wildman–Crippen MR) is 94.9 cm³/mol. The van der Waals surface area contributed by atoms with Crippen LogP contribution in [0.2, 0.25) is 0 Å². The van der Waals surface area contributed by atoms with Crippen molar-refractivity contribution in [3.8, 4) is 0 Å². The van der Waals surface area contributed by atoms with Gasteiger partial charge in [-0.15, -0.1) is 24.0 Å². The van der Waals surface area contributed by atoms with Crippen LogP contribution in [0.15, 0.2) is 4.99 Å². The molecule has 0 spiro atoms. The Bertz CT molecular complexity index is 296. The van der Waals surface area contributed by atoms with Gasteiger partial charge < -0.3 is 15.4 Å². The molecule has 0 aromatic rings. The Labute approximate surface area is 140 Å². The summed E-state index contributed by atoms with van der Waals surface area (Å²) < 4.78 is 5.61. The molecule has 0 atom stereocenters. The smallest absolute Gasteiger partial charge is 0.191 e. The summed E-state index contributed by atoms with van der Waals surface area (Å²) >= 11 is 0. The maximum atomic E-state index is 5.61. The summed E-state index contributed by atoms with van der Waals surface area (Å²) in [5, 5.41) is 6.78. The fourth-order valence-electron chi connectivity index (χ4n) is 2.60. The van der Waals surface area contributed by atoms with Crippen molar-refractivity contribution in [3.63, 3.8) is 0 Å². The minimum atomic E-state index is 0. The maximum Gasteiger partial charge on any atom is 0.191 e. The molecular formula is C15H30IN3O. The summed E-state index contributed by atoms with van der Waals surface area (Å²) in [5.74, 6) is 1.76. The summed E-state index contributed by atoms with van der Waals surface area (Å²) in [6.07, 6.45) is 8.08. The first kappa shape index (κ1) is 18.0. The second-order valence-corrected chi connectivity index (χ2v) is 6.08. The highest BCUT2D eigenvalue weighted by Crippen LogP contribution is 2.42. The van der Waals surface area contributed by atoms with Crippen molar-refractivity contribution in [2.45, 2.75) is 45.4 Å². The lowest BCUT2D eigenvalue weighted by molar-refractivity contribution is 0.126. The van der Waals surface area contributed by atoms with Gasteiger partial charge in [-0.1, -0.05) is 13.3 Å². The molecule has 2 fully saturated rings. The van der Waals surface area contributed by atoms with Crippen LogP contribution in [-0.2, 0) is 4.74 Å². The van der Waals surface area contributed by atoms with Gasteiger partial charge >= 0.3 is 0 Å². The summed E-state index contributed by atoms with van der Waals surface area (Å²) in [5.41, 5.74) is 0.528. The third-order valence-electron chi connectivity index (χ3n) is 4.61. The number of hydrogen-bond donors (Lipinski definition) is 2. The fourth-order valence-corrected chi connectivity index (χ4v) is 2.60. The molecule has 0 bridgehead atoms. The van der Waals surface area contributed by atoms with Crippen molar-refractivity contribution < 1.29 is 4.74 Å². The predicted octanol–water partition coefficient (Wildman–Crippen LogP) is 2.78. The zero-order chi connectivity index (χ0) is 13.6. The largest absolute Gasteiger partial charge is 0.379 e. The van der Waals surface area contributed by atoms with E-state index < -0.39 is 0 Å². The van der Waals surface area contributed by atoms with E-state index in [0.717, 1.165) is 38.2 Å². The van der Waals surface area contributed by atoms with E-state index in [0.29, 0.717) is 5.41 Å². The highest BCUT2D eigenvalue weighted by atomic mass is 127. The number of rotatable bonds is 8. The molecule has 0 aromatic heterocycles. The quantitative estimate of drug-likeness (QED) is 0.288. The number of guanidine groups is 1. The van der Waals surface area contributed by atoms with Crippen molar-refractivity contribution in [1.29, 1.82) is 0 Å². The van der Waals surface area contributed by atoms with Gasteiger partial charge in [-0.3, -0.25) is 4.99 Å². The molecule has 5 heteroatoms. The van der Waals surface area contributed by atoms with Crippen LogP contribution in [0, 0.1) is 11.3 Å². The van der Waals surface area contributed by atoms with Crippen LogP contribution in [0.3, 0.4) is 0 Å². The molecule has 2 N–H and O–H groups in total. The number of aliphatic imine (C=N–C) groups is 1. The molecule has 0 radical (unpaired) electrons. The molecule has 2 rings (SSSR count). The first-order chi connectivity index (χ1) is 9.28. The third kappa shape index (κ3) is 5.76. The molecule has 2 aliphatic carbocycles. The van der Waals surface area contributed by atoms with Gasteiger partial charge in [0.1, 0.15) is 0 Å². The monoisotopic (exact) mass is 395 g/mol. The van der Waals surface area contributed by atoms with Crippen LogP contribution < -0.4 is 10.6 Å². The van der Waals surface area contributed by atoms with E-state index in [-0.39, 0.29) is 24.0 Å². The highest BCUT2D eigenvalue weighted by molar-refractivity contribution is 14.0. The van der Waals surface area contributed by atoms with Gasteiger partial charge in [0.15, 0.2) is 5.96 Å². The Balaban J connectivity index is 0.00000200. The lowest BCUT2D eigenvalue weighted by atomic mass is 9.67. The molecule has 4 nitrogen and oxygen atoms in total. The minimum Gasteiger partial charge on any atom is -0.379 e. The summed E-state index contributed by atoms with van der Waals surface area (Å²) in [4.78, 5) is 4.27. The Kier molecular flexibility index (Phi) is 8.17. The van der Waals surface area contributed by atoms with Crippen LogP contribution in [0.25, 0.3) is 0 Å². The van der Waals surface area contributed by atoms with E-state index in [1.165, 1.54) is 38.5 Å². The standard InChI is InChI=1S/C15H29N3O.HI/c1-3-15(7-4-8-15)12-18-14(16-2)17-9-10-19-11-13-5-6-13;/h13H,3-12H2,1-2H3,(H2,16,17,18);1H. The molecule has 0 unspecified atom stereocenters. The molecule has 2 saturated carbocycles. The number of nitrogens with one attached hydrogen (secondary N) is 2. The van der Waals surface area contributed by atoms with Crippen molar-refractivity contribution in [2.75, 3.05) is 33.4 Å². The maximum absolute atomic E-state index is 5.61. The number of hydrogen-bond acceptors (Lipinski definition) is 2. The van der Waals surface area contributed by atoms with E-state index in [1.807, 2.05) is 7.05 Å². The van der Waals surface area contributed by atoms with Gasteiger partial charge in [-0.25, -0.2) is 0 Å². The zero-order valence-corrected chi connectivity index (χ0v) is 15.2. The second-order valence-electron chi connectivity index (χ2n) is 6.08. The van der Waals surface area contributed by atoms with Gasteiger partial charge in [0, 0.05) is 26.7 Å². The minimum absolute atomic E-state index is 0. The summed E-state index contributed by atoms with van der Waals surface area (Å²) in [7, 11) is 1.83. The molecular weight excluding hydrogens is 365 g/mol. The van der Waals surface area contributed by atoms with Crippen molar-refractivity contribution in [1.82, 2.24) is 10.6 Å². The molecule has 118 valence electrons. The van der Waals surface area contributed by atoms with Gasteiger partial charge in [0.05, 0.1) is 6.61 Å². The lowest BCUT2D eigenvalue weighted by Gasteiger charge is -2.41. The molecule has 0 aliphatic heterocycles. The van der Waals surface area contributed by atoms with E-state index in [2.05, 4.69) is 22.5 Å². The molecule has 0 saturated heterocycles. The number of nitrogens with zero attached hydrogens (tertiary/aromatic N) is 1. The fraction of sp³-hybridized carbons (Fsp3) is 0.933. The van der Waals surface area contributed by atoms with Crippen LogP contribution in [0.1, 0.15) is 45.4 Å². The highest BCUT2D eigenvalue weighted by Gasteiger charge is 2.34. The van der Waals surface area contributed by atoms with Crippen LogP contribution in [0.5, 0.6) is 0 Å². The molecule has 0 aromatic carbocycles. The number of ether oxygens (including phenoxy) is 1. The average molecular weight is 395 g/mol. The van der Waals surface area contributed by atoms with Gasteiger partial charge in [-0.2, -0.15) is 0 Å². The molecule has 0 heterocycles. The van der Waals surface area contributed by atoms with Gasteiger partial charge in [0.2, 0.25) is 0 Å². The normalized spacial score (nSPS) is 20.8. The Morgan fingerprint density at radius 3 is 2.55 bits per heavy atom. The zero-order valence-electron chi connectivity index (χ0n) is 12.9.